The second-order valence-electron chi connectivity index (χ2n) is 4.37. The SMILES string of the molecule is CCCCCN.CCNCC.CCNCC.CCNCC. The first-order chi connectivity index (χ1) is 10.2. The van der Waals surface area contributed by atoms with Crippen molar-refractivity contribution in [2.45, 2.75) is 67.7 Å². The van der Waals surface area contributed by atoms with Gasteiger partial charge in [-0.05, 0) is 52.2 Å². The van der Waals surface area contributed by atoms with E-state index in [4.69, 9.17) is 5.73 Å². The van der Waals surface area contributed by atoms with Crippen molar-refractivity contribution in [2.75, 3.05) is 45.8 Å². The second kappa shape index (κ2) is 42.7. The van der Waals surface area contributed by atoms with Crippen LogP contribution in [0.1, 0.15) is 67.7 Å². The van der Waals surface area contributed by atoms with E-state index in [0.29, 0.717) is 0 Å². The summed E-state index contributed by atoms with van der Waals surface area (Å²) in [6, 6.07) is 0. The minimum absolute atomic E-state index is 0.855. The van der Waals surface area contributed by atoms with Crippen LogP contribution in [0.15, 0.2) is 0 Å². The lowest BCUT2D eigenvalue weighted by atomic mass is 10.3. The highest BCUT2D eigenvalue weighted by atomic mass is 14.8. The van der Waals surface area contributed by atoms with Gasteiger partial charge in [0.25, 0.3) is 0 Å². The number of rotatable bonds is 9. The van der Waals surface area contributed by atoms with Gasteiger partial charge in [0.05, 0.1) is 0 Å². The minimum atomic E-state index is 0.855. The van der Waals surface area contributed by atoms with E-state index in [9.17, 15) is 0 Å². The second-order valence-corrected chi connectivity index (χ2v) is 4.37. The van der Waals surface area contributed by atoms with Crippen LogP contribution in [0.3, 0.4) is 0 Å². The van der Waals surface area contributed by atoms with E-state index in [2.05, 4.69) is 64.4 Å². The summed E-state index contributed by atoms with van der Waals surface area (Å²) < 4.78 is 0. The van der Waals surface area contributed by atoms with E-state index in [1.165, 1.54) is 19.3 Å². The zero-order chi connectivity index (χ0) is 17.2. The van der Waals surface area contributed by atoms with E-state index in [1.807, 2.05) is 0 Å². The van der Waals surface area contributed by atoms with Gasteiger partial charge in [-0.2, -0.15) is 0 Å². The Bertz CT molecular complexity index is 86.7. The third-order valence-electron chi connectivity index (χ3n) is 2.31. The fourth-order valence-electron chi connectivity index (χ4n) is 1.14. The summed E-state index contributed by atoms with van der Waals surface area (Å²) >= 11 is 0. The molecule has 0 unspecified atom stereocenters. The summed E-state index contributed by atoms with van der Waals surface area (Å²) in [5.41, 5.74) is 5.21. The largest absolute Gasteiger partial charge is 0.330 e. The number of hydrogen-bond donors (Lipinski definition) is 4. The van der Waals surface area contributed by atoms with Crippen molar-refractivity contribution in [3.05, 3.63) is 0 Å². The Morgan fingerprint density at radius 2 is 0.810 bits per heavy atom. The molecule has 0 aliphatic carbocycles. The smallest absolute Gasteiger partial charge is 0.00773 e. The maximum Gasteiger partial charge on any atom is -0.00773 e. The van der Waals surface area contributed by atoms with Gasteiger partial charge >= 0.3 is 0 Å². The molecule has 0 atom stereocenters. The first-order valence-electron chi connectivity index (χ1n) is 8.98. The number of hydrogen-bond acceptors (Lipinski definition) is 4. The quantitative estimate of drug-likeness (QED) is 0.495. The average molecular weight is 307 g/mol. The number of unbranched alkanes of at least 4 members (excludes halogenated alkanes) is 2. The summed E-state index contributed by atoms with van der Waals surface area (Å²) in [5.74, 6) is 0. The number of nitrogens with two attached hydrogens (primary N) is 1. The third-order valence-corrected chi connectivity index (χ3v) is 2.31. The van der Waals surface area contributed by atoms with Crippen molar-refractivity contribution in [3.63, 3.8) is 0 Å². The van der Waals surface area contributed by atoms with Crippen molar-refractivity contribution in [1.82, 2.24) is 16.0 Å². The molecular formula is C17H46N4. The Labute approximate surface area is 136 Å². The van der Waals surface area contributed by atoms with Crippen LogP contribution in [-0.2, 0) is 0 Å². The fourth-order valence-corrected chi connectivity index (χ4v) is 1.14. The summed E-state index contributed by atoms with van der Waals surface area (Å²) in [4.78, 5) is 0. The molecule has 0 saturated heterocycles. The lowest BCUT2D eigenvalue weighted by molar-refractivity contribution is 0.727. The molecule has 0 aromatic rings. The predicted molar refractivity (Wildman–Crippen MR) is 101 cm³/mol. The van der Waals surface area contributed by atoms with Crippen LogP contribution in [0.25, 0.3) is 0 Å². The van der Waals surface area contributed by atoms with Gasteiger partial charge in [0, 0.05) is 0 Å². The standard InChI is InChI=1S/C5H13N.3C4H11N/c1-2-3-4-5-6;3*1-3-5-4-2/h2-6H2,1H3;3*5H,3-4H2,1-2H3. The molecule has 0 saturated carbocycles. The van der Waals surface area contributed by atoms with Crippen LogP contribution in [0.5, 0.6) is 0 Å². The van der Waals surface area contributed by atoms with Gasteiger partial charge in [-0.1, -0.05) is 61.3 Å². The highest BCUT2D eigenvalue weighted by Crippen LogP contribution is 1.88. The molecule has 134 valence electrons. The normalized spacial score (nSPS) is 8.57. The highest BCUT2D eigenvalue weighted by molar-refractivity contribution is 4.35. The van der Waals surface area contributed by atoms with E-state index in [-0.39, 0.29) is 0 Å². The van der Waals surface area contributed by atoms with Crippen LogP contribution < -0.4 is 21.7 Å². The van der Waals surface area contributed by atoms with Crippen molar-refractivity contribution >= 4 is 0 Å². The lowest BCUT2D eigenvalue weighted by Gasteiger charge is -1.86. The molecule has 0 rings (SSSR count). The van der Waals surface area contributed by atoms with Gasteiger partial charge < -0.3 is 21.7 Å². The van der Waals surface area contributed by atoms with Crippen molar-refractivity contribution < 1.29 is 0 Å². The predicted octanol–water partition coefficient (Wildman–Crippen LogP) is 2.98. The van der Waals surface area contributed by atoms with Crippen LogP contribution in [-0.4, -0.2) is 45.8 Å². The summed E-state index contributed by atoms with van der Waals surface area (Å²) in [7, 11) is 0. The molecule has 0 aromatic carbocycles. The van der Waals surface area contributed by atoms with E-state index in [0.717, 1.165) is 45.8 Å². The Kier molecular flexibility index (Phi) is 58.8. The highest BCUT2D eigenvalue weighted by Gasteiger charge is 1.75. The van der Waals surface area contributed by atoms with E-state index >= 15 is 0 Å². The maximum atomic E-state index is 5.21. The van der Waals surface area contributed by atoms with E-state index in [1.54, 1.807) is 0 Å². The van der Waals surface area contributed by atoms with Gasteiger partial charge in [-0.3, -0.25) is 0 Å². The average Bonchev–Trinajstić information content (AvgIpc) is 2.49. The summed E-state index contributed by atoms with van der Waals surface area (Å²) in [6.45, 7) is 22.2. The summed E-state index contributed by atoms with van der Waals surface area (Å²) in [6.07, 6.45) is 3.75. The van der Waals surface area contributed by atoms with Crippen LogP contribution >= 0.6 is 0 Å². The lowest BCUT2D eigenvalue weighted by Crippen LogP contribution is -2.09. The van der Waals surface area contributed by atoms with Gasteiger partial charge in [-0.15, -0.1) is 0 Å². The Balaban J connectivity index is -0.0000000921. The van der Waals surface area contributed by atoms with Gasteiger partial charge in [0.15, 0.2) is 0 Å². The Morgan fingerprint density at radius 1 is 0.524 bits per heavy atom. The summed E-state index contributed by atoms with van der Waals surface area (Å²) in [5, 5.41) is 9.33. The van der Waals surface area contributed by atoms with Crippen molar-refractivity contribution in [3.8, 4) is 0 Å². The molecule has 0 aromatic heterocycles. The first-order valence-corrected chi connectivity index (χ1v) is 8.98. The van der Waals surface area contributed by atoms with E-state index < -0.39 is 0 Å². The molecule has 0 aliphatic heterocycles. The molecule has 4 heteroatoms. The number of nitrogens with one attached hydrogen (secondary N) is 3. The van der Waals surface area contributed by atoms with Crippen LogP contribution in [0, 0.1) is 0 Å². The molecule has 0 aliphatic rings. The monoisotopic (exact) mass is 306 g/mol. The van der Waals surface area contributed by atoms with Gasteiger partial charge in [-0.25, -0.2) is 0 Å². The Morgan fingerprint density at radius 3 is 0.857 bits per heavy atom. The molecule has 0 bridgehead atoms. The zero-order valence-electron chi connectivity index (χ0n) is 16.1. The molecule has 21 heavy (non-hydrogen) atoms. The molecule has 0 fully saturated rings. The minimum Gasteiger partial charge on any atom is -0.330 e. The molecule has 5 N–H and O–H groups in total. The molecular weight excluding hydrogens is 260 g/mol. The molecule has 0 heterocycles. The van der Waals surface area contributed by atoms with Crippen LogP contribution in [0.2, 0.25) is 0 Å². The fraction of sp³-hybridized carbons (Fsp3) is 1.00. The third kappa shape index (κ3) is 80.8. The zero-order valence-corrected chi connectivity index (χ0v) is 16.1. The van der Waals surface area contributed by atoms with Crippen molar-refractivity contribution in [2.24, 2.45) is 5.73 Å². The molecule has 4 nitrogen and oxygen atoms in total. The Hall–Kier alpha value is -0.160. The molecule has 0 radical (unpaired) electrons. The van der Waals surface area contributed by atoms with Gasteiger partial charge in [0.1, 0.15) is 0 Å². The van der Waals surface area contributed by atoms with Gasteiger partial charge in [0.2, 0.25) is 0 Å². The molecule has 0 spiro atoms. The first kappa shape index (κ1) is 28.9. The topological polar surface area (TPSA) is 62.1 Å². The maximum absolute atomic E-state index is 5.21. The van der Waals surface area contributed by atoms with Crippen molar-refractivity contribution in [1.29, 1.82) is 0 Å². The molecule has 0 amide bonds. The van der Waals surface area contributed by atoms with Crippen LogP contribution in [0.4, 0.5) is 0 Å².